The van der Waals surface area contributed by atoms with E-state index in [1.54, 1.807) is 0 Å². The summed E-state index contributed by atoms with van der Waals surface area (Å²) in [6, 6.07) is 0. The molecule has 1 rings (SSSR count). The van der Waals surface area contributed by atoms with Gasteiger partial charge in [0.25, 0.3) is 0 Å². The van der Waals surface area contributed by atoms with Crippen molar-refractivity contribution in [2.75, 3.05) is 0 Å². The molecule has 0 aliphatic heterocycles. The maximum atomic E-state index is 3.26. The van der Waals surface area contributed by atoms with Gasteiger partial charge in [-0.1, -0.05) is 13.8 Å². The van der Waals surface area contributed by atoms with Gasteiger partial charge in [0.05, 0.1) is 0 Å². The van der Waals surface area contributed by atoms with Gasteiger partial charge in [0.15, 0.2) is 0 Å². The predicted octanol–water partition coefficient (Wildman–Crippen LogP) is 2.47. The molecular weight excluding hydrogens is 144 g/mol. The smallest absolute Gasteiger partial charge is 0 e. The Labute approximate surface area is 71.9 Å². The SMILES string of the molecule is CC1=[C-]CC(C)=C1C.[Ti]. The first-order chi connectivity index (χ1) is 3.72. The fraction of sp³-hybridized carbons (Fsp3) is 0.500. The Hall–Kier alpha value is 0.194. The van der Waals surface area contributed by atoms with Gasteiger partial charge >= 0.3 is 0 Å². The topological polar surface area (TPSA) is 0 Å². The van der Waals surface area contributed by atoms with Gasteiger partial charge in [0.2, 0.25) is 0 Å². The van der Waals surface area contributed by atoms with Gasteiger partial charge in [0, 0.05) is 21.7 Å². The minimum Gasteiger partial charge on any atom is -0.269 e. The molecular formula is C8H11Ti-. The summed E-state index contributed by atoms with van der Waals surface area (Å²) in [6.07, 6.45) is 4.31. The molecule has 0 fully saturated rings. The van der Waals surface area contributed by atoms with E-state index in [0.717, 1.165) is 6.42 Å². The van der Waals surface area contributed by atoms with Gasteiger partial charge in [0.1, 0.15) is 0 Å². The van der Waals surface area contributed by atoms with Crippen molar-refractivity contribution in [1.29, 1.82) is 0 Å². The van der Waals surface area contributed by atoms with E-state index in [1.165, 1.54) is 16.7 Å². The first kappa shape index (κ1) is 9.19. The van der Waals surface area contributed by atoms with Crippen LogP contribution < -0.4 is 0 Å². The number of hydrogen-bond acceptors (Lipinski definition) is 0. The van der Waals surface area contributed by atoms with Crippen molar-refractivity contribution >= 4 is 0 Å². The average molecular weight is 155 g/mol. The molecule has 1 heteroatoms. The van der Waals surface area contributed by atoms with Gasteiger partial charge in [-0.05, 0) is 0 Å². The van der Waals surface area contributed by atoms with E-state index in [2.05, 4.69) is 26.8 Å². The molecule has 0 atom stereocenters. The predicted molar refractivity (Wildman–Crippen MR) is 35.4 cm³/mol. The van der Waals surface area contributed by atoms with Crippen LogP contribution in [0.1, 0.15) is 27.2 Å². The summed E-state index contributed by atoms with van der Waals surface area (Å²) in [5.74, 6) is 0. The zero-order valence-electron chi connectivity index (χ0n) is 6.21. The van der Waals surface area contributed by atoms with E-state index in [1.807, 2.05) is 0 Å². The van der Waals surface area contributed by atoms with Gasteiger partial charge in [-0.15, -0.1) is 13.3 Å². The van der Waals surface area contributed by atoms with E-state index in [9.17, 15) is 0 Å². The molecule has 1 aliphatic carbocycles. The summed E-state index contributed by atoms with van der Waals surface area (Å²) in [6.45, 7) is 6.44. The number of hydrogen-bond donors (Lipinski definition) is 0. The third kappa shape index (κ3) is 1.81. The second kappa shape index (κ2) is 3.38. The second-order valence-corrected chi connectivity index (χ2v) is 2.38. The summed E-state index contributed by atoms with van der Waals surface area (Å²) >= 11 is 0. The largest absolute Gasteiger partial charge is 0.269 e. The van der Waals surface area contributed by atoms with E-state index >= 15 is 0 Å². The van der Waals surface area contributed by atoms with Crippen molar-refractivity contribution in [3.8, 4) is 0 Å². The van der Waals surface area contributed by atoms with Crippen LogP contribution in [-0.2, 0) is 21.7 Å². The van der Waals surface area contributed by atoms with E-state index in [-0.39, 0.29) is 21.7 Å². The molecule has 0 aromatic rings. The van der Waals surface area contributed by atoms with Crippen molar-refractivity contribution < 1.29 is 21.7 Å². The summed E-state index contributed by atoms with van der Waals surface area (Å²) in [4.78, 5) is 0. The number of rotatable bonds is 0. The minimum atomic E-state index is 0. The van der Waals surface area contributed by atoms with E-state index in [4.69, 9.17) is 0 Å². The molecule has 0 radical (unpaired) electrons. The summed E-state index contributed by atoms with van der Waals surface area (Å²) in [7, 11) is 0. The molecule has 0 saturated heterocycles. The van der Waals surface area contributed by atoms with Crippen LogP contribution in [0.3, 0.4) is 0 Å². The molecule has 0 heterocycles. The zero-order chi connectivity index (χ0) is 6.15. The third-order valence-corrected chi connectivity index (χ3v) is 1.82. The van der Waals surface area contributed by atoms with Crippen LogP contribution in [0.4, 0.5) is 0 Å². The van der Waals surface area contributed by atoms with Crippen LogP contribution in [0.2, 0.25) is 0 Å². The summed E-state index contributed by atoms with van der Waals surface area (Å²) in [5.41, 5.74) is 4.25. The molecule has 0 spiro atoms. The summed E-state index contributed by atoms with van der Waals surface area (Å²) < 4.78 is 0. The normalized spacial score (nSPS) is 17.4. The Morgan fingerprint density at radius 2 is 1.78 bits per heavy atom. The Bertz CT molecular complexity index is 158. The van der Waals surface area contributed by atoms with Crippen molar-refractivity contribution in [2.45, 2.75) is 27.2 Å². The Balaban J connectivity index is 0.000000640. The van der Waals surface area contributed by atoms with E-state index in [0.29, 0.717) is 0 Å². The van der Waals surface area contributed by atoms with Crippen molar-refractivity contribution in [2.24, 2.45) is 0 Å². The molecule has 0 N–H and O–H groups in total. The van der Waals surface area contributed by atoms with Gasteiger partial charge in [-0.3, -0.25) is 6.08 Å². The molecule has 0 nitrogen and oxygen atoms in total. The molecule has 0 aromatic carbocycles. The van der Waals surface area contributed by atoms with E-state index < -0.39 is 0 Å². The van der Waals surface area contributed by atoms with Crippen LogP contribution in [0.15, 0.2) is 16.7 Å². The molecule has 0 saturated carbocycles. The van der Waals surface area contributed by atoms with Gasteiger partial charge in [-0.25, -0.2) is 5.57 Å². The van der Waals surface area contributed by atoms with Crippen LogP contribution in [0.5, 0.6) is 0 Å². The average Bonchev–Trinajstić information content (AvgIpc) is 1.98. The standard InChI is InChI=1S/C8H11.Ti/c1-6-4-5-7(2)8(6)3;/h4H2,1-3H3;/q-1;. The molecule has 9 heavy (non-hydrogen) atoms. The molecule has 0 bridgehead atoms. The van der Waals surface area contributed by atoms with Crippen LogP contribution in [0.25, 0.3) is 0 Å². The monoisotopic (exact) mass is 155 g/mol. The fourth-order valence-electron chi connectivity index (χ4n) is 0.850. The molecule has 48 valence electrons. The second-order valence-electron chi connectivity index (χ2n) is 2.38. The zero-order valence-corrected chi connectivity index (χ0v) is 7.77. The molecule has 0 aromatic heterocycles. The Morgan fingerprint density at radius 3 is 1.89 bits per heavy atom. The van der Waals surface area contributed by atoms with Crippen LogP contribution >= 0.6 is 0 Å². The molecule has 1 aliphatic rings. The van der Waals surface area contributed by atoms with Crippen molar-refractivity contribution in [3.63, 3.8) is 0 Å². The van der Waals surface area contributed by atoms with Crippen molar-refractivity contribution in [1.82, 2.24) is 0 Å². The summed E-state index contributed by atoms with van der Waals surface area (Å²) in [5, 5.41) is 0. The van der Waals surface area contributed by atoms with Crippen molar-refractivity contribution in [3.05, 3.63) is 22.8 Å². The Morgan fingerprint density at radius 1 is 1.22 bits per heavy atom. The van der Waals surface area contributed by atoms with Crippen LogP contribution in [0, 0.1) is 6.08 Å². The third-order valence-electron chi connectivity index (χ3n) is 1.82. The fourth-order valence-corrected chi connectivity index (χ4v) is 0.850. The maximum absolute atomic E-state index is 3.26. The number of allylic oxidation sites excluding steroid dienone is 4. The van der Waals surface area contributed by atoms with Gasteiger partial charge in [-0.2, -0.15) is 11.1 Å². The molecule has 0 amide bonds. The molecule has 0 unspecified atom stereocenters. The maximum Gasteiger partial charge on any atom is 0 e. The van der Waals surface area contributed by atoms with Gasteiger partial charge < -0.3 is 0 Å². The quantitative estimate of drug-likeness (QED) is 0.372. The Kier molecular flexibility index (Phi) is 3.46. The first-order valence-corrected chi connectivity index (χ1v) is 2.96. The first-order valence-electron chi connectivity index (χ1n) is 2.96. The minimum absolute atomic E-state index is 0. The van der Waals surface area contributed by atoms with Crippen LogP contribution in [-0.4, -0.2) is 0 Å².